The minimum Gasteiger partial charge on any atom is -0.341 e. The van der Waals surface area contributed by atoms with Crippen molar-refractivity contribution in [2.75, 3.05) is 26.2 Å². The molecule has 4 nitrogen and oxygen atoms in total. The standard InChI is InChI=1S/C20H31N3OS/c1-15-18(25-16(2)21-15)12-22-10-6-9-20(13-22)14-23(19(20)24)11-17-7-4-3-5-8-17/h17H,3-14H2,1-2H3/t20-/m0/s1. The van der Waals surface area contributed by atoms with Crippen LogP contribution >= 0.6 is 11.3 Å². The third-order valence-corrected chi connectivity index (χ3v) is 7.52. The van der Waals surface area contributed by atoms with Crippen molar-refractivity contribution >= 4 is 17.2 Å². The van der Waals surface area contributed by atoms with Crippen LogP contribution in [0.5, 0.6) is 0 Å². The molecule has 0 aromatic carbocycles. The summed E-state index contributed by atoms with van der Waals surface area (Å²) in [7, 11) is 0. The van der Waals surface area contributed by atoms with Gasteiger partial charge in [0.25, 0.3) is 0 Å². The molecule has 1 atom stereocenters. The Morgan fingerprint density at radius 3 is 2.64 bits per heavy atom. The number of carbonyl (C=O) groups is 1. The van der Waals surface area contributed by atoms with Gasteiger partial charge in [-0.05, 0) is 52.0 Å². The van der Waals surface area contributed by atoms with Crippen molar-refractivity contribution in [1.29, 1.82) is 0 Å². The lowest BCUT2D eigenvalue weighted by Gasteiger charge is -2.54. The number of carbonyl (C=O) groups excluding carboxylic acids is 1. The van der Waals surface area contributed by atoms with Crippen molar-refractivity contribution in [3.8, 4) is 0 Å². The Balaban J connectivity index is 1.35. The van der Waals surface area contributed by atoms with Gasteiger partial charge < -0.3 is 4.90 Å². The van der Waals surface area contributed by atoms with Crippen molar-refractivity contribution in [1.82, 2.24) is 14.8 Å². The predicted molar refractivity (Wildman–Crippen MR) is 102 cm³/mol. The van der Waals surface area contributed by atoms with E-state index in [-0.39, 0.29) is 5.41 Å². The second kappa shape index (κ2) is 6.99. The van der Waals surface area contributed by atoms with Gasteiger partial charge in [-0.3, -0.25) is 9.69 Å². The molecule has 1 saturated carbocycles. The number of hydrogen-bond donors (Lipinski definition) is 0. The van der Waals surface area contributed by atoms with Crippen LogP contribution in [0.4, 0.5) is 0 Å². The van der Waals surface area contributed by atoms with Crippen LogP contribution in [-0.4, -0.2) is 46.9 Å². The number of rotatable bonds is 4. The fourth-order valence-electron chi connectivity index (χ4n) is 5.17. The summed E-state index contributed by atoms with van der Waals surface area (Å²) in [6, 6.07) is 0. The van der Waals surface area contributed by atoms with Gasteiger partial charge in [-0.2, -0.15) is 0 Å². The first-order valence-electron chi connectivity index (χ1n) is 10.0. The molecule has 2 aliphatic heterocycles. The minimum absolute atomic E-state index is 0.0689. The van der Waals surface area contributed by atoms with E-state index in [9.17, 15) is 4.79 Å². The summed E-state index contributed by atoms with van der Waals surface area (Å²) in [5.41, 5.74) is 1.10. The summed E-state index contributed by atoms with van der Waals surface area (Å²) < 4.78 is 0. The molecule has 0 bridgehead atoms. The molecule has 3 heterocycles. The zero-order valence-corrected chi connectivity index (χ0v) is 16.5. The first-order valence-corrected chi connectivity index (χ1v) is 10.8. The summed E-state index contributed by atoms with van der Waals surface area (Å²) in [6.07, 6.45) is 9.00. The summed E-state index contributed by atoms with van der Waals surface area (Å²) >= 11 is 1.81. The number of thiazole rings is 1. The summed E-state index contributed by atoms with van der Waals surface area (Å²) in [5.74, 6) is 1.21. The Labute approximate surface area is 155 Å². The second-order valence-electron chi connectivity index (χ2n) is 8.53. The number of β-lactam (4-membered cyclic amide) rings is 1. The normalized spacial score (nSPS) is 28.6. The second-order valence-corrected chi connectivity index (χ2v) is 9.81. The molecule has 0 unspecified atom stereocenters. The van der Waals surface area contributed by atoms with Gasteiger partial charge in [-0.25, -0.2) is 4.98 Å². The monoisotopic (exact) mass is 361 g/mol. The highest BCUT2D eigenvalue weighted by molar-refractivity contribution is 7.11. The largest absolute Gasteiger partial charge is 0.341 e. The molecule has 0 N–H and O–H groups in total. The number of aryl methyl sites for hydroxylation is 2. The van der Waals surface area contributed by atoms with Crippen molar-refractivity contribution < 1.29 is 4.79 Å². The molecule has 138 valence electrons. The number of aromatic nitrogens is 1. The van der Waals surface area contributed by atoms with Crippen molar-refractivity contribution in [3.05, 3.63) is 15.6 Å². The maximum atomic E-state index is 13.0. The smallest absolute Gasteiger partial charge is 0.231 e. The summed E-state index contributed by atoms with van der Waals surface area (Å²) in [5, 5.41) is 1.15. The fraction of sp³-hybridized carbons (Fsp3) is 0.800. The lowest BCUT2D eigenvalue weighted by Crippen LogP contribution is -2.67. The third kappa shape index (κ3) is 3.50. The van der Waals surface area contributed by atoms with Crippen LogP contribution in [0.2, 0.25) is 0 Å². The number of hydrogen-bond acceptors (Lipinski definition) is 4. The highest BCUT2D eigenvalue weighted by atomic mass is 32.1. The SMILES string of the molecule is Cc1nc(C)c(CN2CCC[C@]3(C2)CN(CC2CCCCC2)C3=O)s1. The van der Waals surface area contributed by atoms with E-state index >= 15 is 0 Å². The van der Waals surface area contributed by atoms with Gasteiger partial charge in [-0.1, -0.05) is 19.3 Å². The van der Waals surface area contributed by atoms with E-state index in [4.69, 9.17) is 0 Å². The molecule has 1 aromatic heterocycles. The van der Waals surface area contributed by atoms with E-state index in [0.29, 0.717) is 5.91 Å². The minimum atomic E-state index is -0.0689. The van der Waals surface area contributed by atoms with E-state index in [1.165, 1.54) is 42.7 Å². The van der Waals surface area contributed by atoms with Crippen LogP contribution in [0.15, 0.2) is 0 Å². The molecule has 3 fully saturated rings. The van der Waals surface area contributed by atoms with Crippen molar-refractivity contribution in [2.24, 2.45) is 11.3 Å². The highest BCUT2D eigenvalue weighted by Crippen LogP contribution is 2.42. The lowest BCUT2D eigenvalue weighted by molar-refractivity contribution is -0.167. The molecule has 5 heteroatoms. The van der Waals surface area contributed by atoms with Gasteiger partial charge in [0.2, 0.25) is 5.91 Å². The molecule has 4 rings (SSSR count). The first-order chi connectivity index (χ1) is 12.1. The van der Waals surface area contributed by atoms with Crippen LogP contribution in [0.25, 0.3) is 0 Å². The highest BCUT2D eigenvalue weighted by Gasteiger charge is 2.53. The molecule has 0 radical (unpaired) electrons. The van der Waals surface area contributed by atoms with Crippen molar-refractivity contribution in [2.45, 2.75) is 65.3 Å². The Morgan fingerprint density at radius 1 is 1.16 bits per heavy atom. The molecule has 1 aliphatic carbocycles. The summed E-state index contributed by atoms with van der Waals surface area (Å²) in [4.78, 5) is 23.6. The van der Waals surface area contributed by atoms with Gasteiger partial charge in [0.1, 0.15) is 0 Å². The van der Waals surface area contributed by atoms with Gasteiger partial charge in [0.05, 0.1) is 16.1 Å². The van der Waals surface area contributed by atoms with Crippen LogP contribution < -0.4 is 0 Å². The lowest BCUT2D eigenvalue weighted by atomic mass is 9.71. The Hall–Kier alpha value is -0.940. The number of piperidine rings is 1. The average molecular weight is 362 g/mol. The van der Waals surface area contributed by atoms with Crippen LogP contribution in [0, 0.1) is 25.2 Å². The average Bonchev–Trinajstić information content (AvgIpc) is 2.93. The van der Waals surface area contributed by atoms with Crippen LogP contribution in [-0.2, 0) is 11.3 Å². The maximum Gasteiger partial charge on any atom is 0.231 e. The van der Waals surface area contributed by atoms with Gasteiger partial charge >= 0.3 is 0 Å². The van der Waals surface area contributed by atoms with E-state index in [0.717, 1.165) is 56.5 Å². The van der Waals surface area contributed by atoms with Crippen molar-refractivity contribution in [3.63, 3.8) is 0 Å². The number of amides is 1. The van der Waals surface area contributed by atoms with E-state index < -0.39 is 0 Å². The van der Waals surface area contributed by atoms with Crippen LogP contribution in [0.1, 0.15) is 60.5 Å². The number of nitrogens with zero attached hydrogens (tertiary/aromatic N) is 3. The Bertz CT molecular complexity index is 637. The molecular weight excluding hydrogens is 330 g/mol. The van der Waals surface area contributed by atoms with E-state index in [2.05, 4.69) is 28.6 Å². The molecule has 1 aromatic rings. The molecule has 1 amide bonds. The zero-order chi connectivity index (χ0) is 17.4. The third-order valence-electron chi connectivity index (χ3n) is 6.46. The quantitative estimate of drug-likeness (QED) is 0.766. The molecule has 25 heavy (non-hydrogen) atoms. The first kappa shape index (κ1) is 17.5. The Morgan fingerprint density at radius 2 is 1.96 bits per heavy atom. The van der Waals surface area contributed by atoms with Gasteiger partial charge in [0.15, 0.2) is 0 Å². The van der Waals surface area contributed by atoms with Gasteiger partial charge in [0, 0.05) is 31.1 Å². The van der Waals surface area contributed by atoms with E-state index in [1.54, 1.807) is 0 Å². The van der Waals surface area contributed by atoms with Gasteiger partial charge in [-0.15, -0.1) is 11.3 Å². The predicted octanol–water partition coefficient (Wildman–Crippen LogP) is 3.76. The molecule has 2 saturated heterocycles. The molecule has 3 aliphatic rings. The zero-order valence-electron chi connectivity index (χ0n) is 15.7. The Kier molecular flexibility index (Phi) is 4.89. The molecular formula is C20H31N3OS. The maximum absolute atomic E-state index is 13.0. The fourth-order valence-corrected chi connectivity index (χ4v) is 6.15. The number of likely N-dealkylation sites (tertiary alicyclic amines) is 2. The van der Waals surface area contributed by atoms with Crippen LogP contribution in [0.3, 0.4) is 0 Å². The van der Waals surface area contributed by atoms with E-state index in [1.807, 2.05) is 11.3 Å². The molecule has 1 spiro atoms. The summed E-state index contributed by atoms with van der Waals surface area (Å²) in [6.45, 7) is 9.25. The topological polar surface area (TPSA) is 36.4 Å².